The summed E-state index contributed by atoms with van der Waals surface area (Å²) in [6.07, 6.45) is -0.194. The lowest BCUT2D eigenvalue weighted by Gasteiger charge is -2.41. The molecule has 0 unspecified atom stereocenters. The molecular weight excluding hydrogens is 220 g/mol. The SMILES string of the molecule is CC(C)(C)OC(=O)N1CC(CNC2COC2)C1. The van der Waals surface area contributed by atoms with Crippen molar-refractivity contribution >= 4 is 6.09 Å². The maximum absolute atomic E-state index is 11.7. The van der Waals surface area contributed by atoms with Crippen molar-refractivity contribution in [3.8, 4) is 0 Å². The smallest absolute Gasteiger partial charge is 0.410 e. The average Bonchev–Trinajstić information content (AvgIpc) is 2.01. The molecule has 2 aliphatic rings. The van der Waals surface area contributed by atoms with Gasteiger partial charge in [-0.2, -0.15) is 0 Å². The van der Waals surface area contributed by atoms with Crippen LogP contribution >= 0.6 is 0 Å². The van der Waals surface area contributed by atoms with Crippen LogP contribution in [0.5, 0.6) is 0 Å². The average molecular weight is 242 g/mol. The highest BCUT2D eigenvalue weighted by molar-refractivity contribution is 5.69. The van der Waals surface area contributed by atoms with E-state index in [2.05, 4.69) is 5.32 Å². The minimum atomic E-state index is -0.399. The minimum absolute atomic E-state index is 0.194. The molecule has 0 aromatic carbocycles. The van der Waals surface area contributed by atoms with Crippen LogP contribution in [-0.2, 0) is 9.47 Å². The topological polar surface area (TPSA) is 50.8 Å². The Morgan fingerprint density at radius 2 is 2.06 bits per heavy atom. The van der Waals surface area contributed by atoms with Crippen LogP contribution < -0.4 is 5.32 Å². The molecule has 2 fully saturated rings. The van der Waals surface area contributed by atoms with Crippen LogP contribution in [0, 0.1) is 5.92 Å². The van der Waals surface area contributed by atoms with Crippen LogP contribution in [0.25, 0.3) is 0 Å². The Hall–Kier alpha value is -0.810. The number of carbonyl (C=O) groups is 1. The second kappa shape index (κ2) is 4.82. The van der Waals surface area contributed by atoms with Crippen LogP contribution in [0.3, 0.4) is 0 Å². The van der Waals surface area contributed by atoms with E-state index in [1.807, 2.05) is 20.8 Å². The molecule has 2 heterocycles. The van der Waals surface area contributed by atoms with Crippen molar-refractivity contribution in [1.29, 1.82) is 0 Å². The van der Waals surface area contributed by atoms with Gasteiger partial charge in [-0.3, -0.25) is 0 Å². The van der Waals surface area contributed by atoms with Crippen LogP contribution in [0.2, 0.25) is 0 Å². The van der Waals surface area contributed by atoms with E-state index in [4.69, 9.17) is 9.47 Å². The highest BCUT2D eigenvalue weighted by Crippen LogP contribution is 2.19. The second-order valence-corrected chi connectivity index (χ2v) is 5.89. The van der Waals surface area contributed by atoms with Gasteiger partial charge in [0, 0.05) is 25.6 Å². The first-order valence-corrected chi connectivity index (χ1v) is 6.23. The molecule has 1 N–H and O–H groups in total. The summed E-state index contributed by atoms with van der Waals surface area (Å²) in [5.41, 5.74) is -0.399. The van der Waals surface area contributed by atoms with Crippen molar-refractivity contribution in [1.82, 2.24) is 10.2 Å². The molecule has 0 aromatic heterocycles. The summed E-state index contributed by atoms with van der Waals surface area (Å²) < 4.78 is 10.4. The monoisotopic (exact) mass is 242 g/mol. The van der Waals surface area contributed by atoms with E-state index in [0.29, 0.717) is 12.0 Å². The molecule has 17 heavy (non-hydrogen) atoms. The third-order valence-corrected chi connectivity index (χ3v) is 2.94. The Morgan fingerprint density at radius 1 is 1.41 bits per heavy atom. The van der Waals surface area contributed by atoms with Gasteiger partial charge in [0.05, 0.1) is 19.3 Å². The number of likely N-dealkylation sites (tertiary alicyclic amines) is 1. The first-order valence-electron chi connectivity index (χ1n) is 6.23. The van der Waals surface area contributed by atoms with Crippen molar-refractivity contribution in [3.63, 3.8) is 0 Å². The zero-order chi connectivity index (χ0) is 12.5. The molecule has 5 heteroatoms. The van der Waals surface area contributed by atoms with Crippen molar-refractivity contribution in [2.75, 3.05) is 32.8 Å². The number of hydrogen-bond donors (Lipinski definition) is 1. The molecule has 2 saturated heterocycles. The Balaban J connectivity index is 1.59. The number of ether oxygens (including phenoxy) is 2. The lowest BCUT2D eigenvalue weighted by atomic mass is 10.0. The summed E-state index contributed by atoms with van der Waals surface area (Å²) in [5.74, 6) is 0.558. The normalized spacial score (nSPS) is 21.9. The zero-order valence-corrected chi connectivity index (χ0v) is 10.9. The van der Waals surface area contributed by atoms with Gasteiger partial charge in [0.1, 0.15) is 5.60 Å². The van der Waals surface area contributed by atoms with Gasteiger partial charge in [0.25, 0.3) is 0 Å². The van der Waals surface area contributed by atoms with Crippen molar-refractivity contribution < 1.29 is 14.3 Å². The van der Waals surface area contributed by atoms with Gasteiger partial charge in [-0.25, -0.2) is 4.79 Å². The molecular formula is C12H22N2O3. The largest absolute Gasteiger partial charge is 0.444 e. The molecule has 2 aliphatic heterocycles. The Kier molecular flexibility index (Phi) is 3.58. The summed E-state index contributed by atoms with van der Waals surface area (Å²) in [6.45, 7) is 9.88. The molecule has 0 aromatic rings. The van der Waals surface area contributed by atoms with Gasteiger partial charge < -0.3 is 19.7 Å². The van der Waals surface area contributed by atoms with E-state index in [1.165, 1.54) is 0 Å². The van der Waals surface area contributed by atoms with Gasteiger partial charge >= 0.3 is 6.09 Å². The Bertz CT molecular complexity index is 278. The lowest BCUT2D eigenvalue weighted by Crippen LogP contribution is -2.57. The van der Waals surface area contributed by atoms with Crippen LogP contribution in [0.4, 0.5) is 4.79 Å². The maximum Gasteiger partial charge on any atom is 0.410 e. The third kappa shape index (κ3) is 3.57. The fourth-order valence-corrected chi connectivity index (χ4v) is 1.86. The first-order chi connectivity index (χ1) is 7.94. The number of amides is 1. The van der Waals surface area contributed by atoms with Gasteiger partial charge in [0.2, 0.25) is 0 Å². The summed E-state index contributed by atoms with van der Waals surface area (Å²) in [4.78, 5) is 13.4. The van der Waals surface area contributed by atoms with Crippen LogP contribution in [-0.4, -0.2) is 55.5 Å². The quantitative estimate of drug-likeness (QED) is 0.797. The summed E-state index contributed by atoms with van der Waals surface area (Å²) in [5, 5.41) is 3.42. The fraction of sp³-hybridized carbons (Fsp3) is 0.917. The Morgan fingerprint density at radius 3 is 2.53 bits per heavy atom. The number of nitrogens with one attached hydrogen (secondary N) is 1. The van der Waals surface area contributed by atoms with Gasteiger partial charge in [-0.1, -0.05) is 0 Å². The van der Waals surface area contributed by atoms with E-state index in [-0.39, 0.29) is 6.09 Å². The molecule has 0 atom stereocenters. The highest BCUT2D eigenvalue weighted by Gasteiger charge is 2.34. The van der Waals surface area contributed by atoms with Gasteiger partial charge in [-0.15, -0.1) is 0 Å². The van der Waals surface area contributed by atoms with E-state index in [1.54, 1.807) is 4.90 Å². The number of hydrogen-bond acceptors (Lipinski definition) is 4. The summed E-state index contributed by atoms with van der Waals surface area (Å²) >= 11 is 0. The molecule has 2 rings (SSSR count). The molecule has 0 bridgehead atoms. The van der Waals surface area contributed by atoms with Crippen molar-refractivity contribution in [3.05, 3.63) is 0 Å². The maximum atomic E-state index is 11.7. The number of rotatable bonds is 3. The molecule has 0 radical (unpaired) electrons. The Labute approximate surface area is 102 Å². The van der Waals surface area contributed by atoms with E-state index in [9.17, 15) is 4.79 Å². The summed E-state index contributed by atoms with van der Waals surface area (Å²) in [7, 11) is 0. The zero-order valence-electron chi connectivity index (χ0n) is 10.9. The van der Waals surface area contributed by atoms with E-state index < -0.39 is 5.60 Å². The predicted molar refractivity (Wildman–Crippen MR) is 63.9 cm³/mol. The second-order valence-electron chi connectivity index (χ2n) is 5.89. The fourth-order valence-electron chi connectivity index (χ4n) is 1.86. The third-order valence-electron chi connectivity index (χ3n) is 2.94. The van der Waals surface area contributed by atoms with E-state index in [0.717, 1.165) is 32.8 Å². The number of nitrogens with zero attached hydrogens (tertiary/aromatic N) is 1. The molecule has 5 nitrogen and oxygen atoms in total. The van der Waals surface area contributed by atoms with Gasteiger partial charge in [-0.05, 0) is 20.8 Å². The molecule has 1 amide bonds. The van der Waals surface area contributed by atoms with Crippen molar-refractivity contribution in [2.24, 2.45) is 5.92 Å². The standard InChI is InChI=1S/C12H22N2O3/c1-12(2,3)17-11(15)14-5-9(6-14)4-13-10-7-16-8-10/h9-10,13H,4-8H2,1-3H3. The number of carbonyl (C=O) groups excluding carboxylic acids is 1. The van der Waals surface area contributed by atoms with E-state index >= 15 is 0 Å². The molecule has 0 saturated carbocycles. The van der Waals surface area contributed by atoms with Crippen LogP contribution in [0.1, 0.15) is 20.8 Å². The molecule has 98 valence electrons. The van der Waals surface area contributed by atoms with Crippen molar-refractivity contribution in [2.45, 2.75) is 32.4 Å². The summed E-state index contributed by atoms with van der Waals surface area (Å²) in [6, 6.07) is 0.519. The molecule has 0 aliphatic carbocycles. The minimum Gasteiger partial charge on any atom is -0.444 e. The van der Waals surface area contributed by atoms with Crippen LogP contribution in [0.15, 0.2) is 0 Å². The predicted octanol–water partition coefficient (Wildman–Crippen LogP) is 0.842. The molecule has 0 spiro atoms. The highest BCUT2D eigenvalue weighted by atomic mass is 16.6. The first kappa shape index (κ1) is 12.6. The van der Waals surface area contributed by atoms with Gasteiger partial charge in [0.15, 0.2) is 0 Å². The lowest BCUT2D eigenvalue weighted by molar-refractivity contribution is -0.0182.